The second kappa shape index (κ2) is 7.03. The Bertz CT molecular complexity index is 790. The molecule has 0 aliphatic carbocycles. The van der Waals surface area contributed by atoms with Crippen LogP contribution in [-0.4, -0.2) is 28.6 Å². The van der Waals surface area contributed by atoms with Gasteiger partial charge in [-0.25, -0.2) is 14.4 Å². The molecule has 0 aliphatic rings. The molecule has 126 valence electrons. The van der Waals surface area contributed by atoms with Crippen molar-refractivity contribution in [2.45, 2.75) is 13.8 Å². The first-order chi connectivity index (χ1) is 11.3. The molecule has 0 bridgehead atoms. The van der Waals surface area contributed by atoms with Gasteiger partial charge in [0.25, 0.3) is 0 Å². The minimum Gasteiger partial charge on any atom is -0.383 e. The molecule has 2 rings (SSSR count). The van der Waals surface area contributed by atoms with Crippen LogP contribution in [-0.2, 0) is 4.79 Å². The Morgan fingerprint density at radius 1 is 1.33 bits per heavy atom. The molecule has 0 spiro atoms. The van der Waals surface area contributed by atoms with Crippen LogP contribution in [0.1, 0.15) is 25.0 Å². The number of rotatable bonds is 5. The smallest absolute Gasteiger partial charge is 0.227 e. The van der Waals surface area contributed by atoms with E-state index in [1.54, 1.807) is 20.9 Å². The molecule has 0 saturated heterocycles. The lowest BCUT2D eigenvalue weighted by molar-refractivity contribution is -0.118. The number of nitrogens with two attached hydrogens (primary N) is 1. The van der Waals surface area contributed by atoms with Crippen molar-refractivity contribution in [2.75, 3.05) is 23.4 Å². The van der Waals surface area contributed by atoms with Gasteiger partial charge in [0.2, 0.25) is 5.91 Å². The van der Waals surface area contributed by atoms with E-state index in [1.807, 2.05) is 0 Å². The normalized spacial score (nSPS) is 10.5. The van der Waals surface area contributed by atoms with E-state index in [1.165, 1.54) is 24.5 Å². The highest BCUT2D eigenvalue weighted by Crippen LogP contribution is 2.23. The zero-order chi connectivity index (χ0) is 17.9. The number of nitrogens with zero attached hydrogens (tertiary/aromatic N) is 2. The van der Waals surface area contributed by atoms with Crippen molar-refractivity contribution in [3.8, 4) is 0 Å². The summed E-state index contributed by atoms with van der Waals surface area (Å²) in [4.78, 5) is 19.5. The summed E-state index contributed by atoms with van der Waals surface area (Å²) in [5, 5.41) is 13.6. The van der Waals surface area contributed by atoms with Gasteiger partial charge in [0, 0.05) is 18.5 Å². The predicted octanol–water partition coefficient (Wildman–Crippen LogP) is 2.25. The van der Waals surface area contributed by atoms with Crippen molar-refractivity contribution in [1.29, 1.82) is 5.41 Å². The minimum absolute atomic E-state index is 0.0157. The van der Waals surface area contributed by atoms with Crippen LogP contribution < -0.4 is 16.4 Å². The van der Waals surface area contributed by atoms with Crippen LogP contribution in [0.4, 0.5) is 21.7 Å². The Kier molecular flexibility index (Phi) is 5.08. The maximum Gasteiger partial charge on any atom is 0.227 e. The van der Waals surface area contributed by atoms with Crippen LogP contribution in [0.15, 0.2) is 24.5 Å². The zero-order valence-electron chi connectivity index (χ0n) is 13.6. The molecule has 1 aromatic heterocycles. The highest BCUT2D eigenvalue weighted by atomic mass is 19.1. The Morgan fingerprint density at radius 2 is 2.04 bits per heavy atom. The molecule has 0 atom stereocenters. The minimum atomic E-state index is -0.632. The lowest BCUT2D eigenvalue weighted by Gasteiger charge is -2.13. The van der Waals surface area contributed by atoms with Gasteiger partial charge in [0.05, 0.1) is 17.0 Å². The topological polar surface area (TPSA) is 117 Å². The molecule has 5 N–H and O–H groups in total. The predicted molar refractivity (Wildman–Crippen MR) is 91.8 cm³/mol. The molecule has 1 amide bonds. The third kappa shape index (κ3) is 3.48. The number of nitrogens with one attached hydrogen (secondary N) is 3. The first kappa shape index (κ1) is 17.3. The molecule has 8 heteroatoms. The van der Waals surface area contributed by atoms with E-state index in [2.05, 4.69) is 20.6 Å². The summed E-state index contributed by atoms with van der Waals surface area (Å²) >= 11 is 0. The number of aromatic nitrogens is 2. The highest BCUT2D eigenvalue weighted by molar-refractivity contribution is 6.16. The lowest BCUT2D eigenvalue weighted by atomic mass is 10.0. The van der Waals surface area contributed by atoms with Crippen LogP contribution in [0, 0.1) is 17.1 Å². The van der Waals surface area contributed by atoms with Crippen molar-refractivity contribution in [3.05, 3.63) is 41.5 Å². The van der Waals surface area contributed by atoms with Crippen LogP contribution in [0.2, 0.25) is 0 Å². The highest BCUT2D eigenvalue weighted by Gasteiger charge is 2.17. The van der Waals surface area contributed by atoms with Crippen molar-refractivity contribution in [2.24, 2.45) is 5.92 Å². The standard InChI is InChI=1S/C16H19FN6O/c1-8(2)16(24)23-11-5-4-9(6-10(11)17)13(18)12-14(19)21-7-22-15(12)20-3/h4-8,18H,1-3H3,(H,23,24)(H3,19,20,21,22). The number of nitrogen functional groups attached to an aromatic ring is 1. The van der Waals surface area contributed by atoms with E-state index in [0.717, 1.165) is 0 Å². The summed E-state index contributed by atoms with van der Waals surface area (Å²) in [6.45, 7) is 3.43. The molecule has 0 fully saturated rings. The van der Waals surface area contributed by atoms with E-state index in [0.29, 0.717) is 16.9 Å². The maximum atomic E-state index is 14.2. The largest absolute Gasteiger partial charge is 0.383 e. The summed E-state index contributed by atoms with van der Waals surface area (Å²) in [6, 6.07) is 4.12. The number of hydrogen-bond acceptors (Lipinski definition) is 6. The van der Waals surface area contributed by atoms with E-state index in [-0.39, 0.29) is 29.0 Å². The summed E-state index contributed by atoms with van der Waals surface area (Å²) in [7, 11) is 1.64. The Morgan fingerprint density at radius 3 is 2.62 bits per heavy atom. The summed E-state index contributed by atoms with van der Waals surface area (Å²) in [6.07, 6.45) is 1.28. The number of amides is 1. The van der Waals surface area contributed by atoms with Gasteiger partial charge in [0.15, 0.2) is 0 Å². The van der Waals surface area contributed by atoms with Gasteiger partial charge in [-0.15, -0.1) is 0 Å². The molecule has 2 aromatic rings. The summed E-state index contributed by atoms with van der Waals surface area (Å²) < 4.78 is 14.2. The number of anilines is 3. The average Bonchev–Trinajstić information content (AvgIpc) is 2.55. The molecule has 0 aliphatic heterocycles. The third-order valence-electron chi connectivity index (χ3n) is 3.40. The third-order valence-corrected chi connectivity index (χ3v) is 3.40. The van der Waals surface area contributed by atoms with Crippen molar-refractivity contribution in [1.82, 2.24) is 9.97 Å². The molecule has 1 aromatic carbocycles. The molecule has 0 radical (unpaired) electrons. The van der Waals surface area contributed by atoms with Crippen LogP contribution in [0.5, 0.6) is 0 Å². The first-order valence-electron chi connectivity index (χ1n) is 7.33. The van der Waals surface area contributed by atoms with E-state index < -0.39 is 5.82 Å². The number of hydrogen-bond donors (Lipinski definition) is 4. The summed E-state index contributed by atoms with van der Waals surface area (Å²) in [5.74, 6) is -0.675. The second-order valence-corrected chi connectivity index (χ2v) is 5.45. The zero-order valence-corrected chi connectivity index (χ0v) is 13.6. The van der Waals surface area contributed by atoms with E-state index in [4.69, 9.17) is 11.1 Å². The van der Waals surface area contributed by atoms with Crippen LogP contribution >= 0.6 is 0 Å². The molecular formula is C16H19FN6O. The maximum absolute atomic E-state index is 14.2. The van der Waals surface area contributed by atoms with Crippen LogP contribution in [0.25, 0.3) is 0 Å². The Labute approximate surface area is 139 Å². The van der Waals surface area contributed by atoms with Gasteiger partial charge >= 0.3 is 0 Å². The van der Waals surface area contributed by atoms with E-state index >= 15 is 0 Å². The Hall–Kier alpha value is -3.03. The van der Waals surface area contributed by atoms with Crippen molar-refractivity contribution >= 4 is 28.9 Å². The summed E-state index contributed by atoms with van der Waals surface area (Å²) in [5.41, 5.74) is 6.46. The molecule has 0 unspecified atom stereocenters. The van der Waals surface area contributed by atoms with Gasteiger partial charge in [-0.05, 0) is 12.1 Å². The SMILES string of the molecule is CNc1ncnc(N)c1C(=N)c1ccc(NC(=O)C(C)C)c(F)c1. The van der Waals surface area contributed by atoms with Gasteiger partial charge in [0.1, 0.15) is 23.8 Å². The average molecular weight is 330 g/mol. The molecule has 1 heterocycles. The lowest BCUT2D eigenvalue weighted by Crippen LogP contribution is -2.19. The molecule has 7 nitrogen and oxygen atoms in total. The Balaban J connectivity index is 2.36. The van der Waals surface area contributed by atoms with Gasteiger partial charge in [-0.1, -0.05) is 19.9 Å². The van der Waals surface area contributed by atoms with Crippen LogP contribution in [0.3, 0.4) is 0 Å². The molecular weight excluding hydrogens is 311 g/mol. The van der Waals surface area contributed by atoms with Gasteiger partial charge < -0.3 is 16.4 Å². The fourth-order valence-corrected chi connectivity index (χ4v) is 2.03. The first-order valence-corrected chi connectivity index (χ1v) is 7.33. The number of carbonyl (C=O) groups is 1. The fourth-order valence-electron chi connectivity index (χ4n) is 2.03. The quantitative estimate of drug-likeness (QED) is 0.627. The van der Waals surface area contributed by atoms with Gasteiger partial charge in [-0.2, -0.15) is 0 Å². The fraction of sp³-hybridized carbons (Fsp3) is 0.250. The van der Waals surface area contributed by atoms with Gasteiger partial charge in [-0.3, -0.25) is 10.2 Å². The number of benzene rings is 1. The number of halogens is 1. The van der Waals surface area contributed by atoms with Crippen molar-refractivity contribution < 1.29 is 9.18 Å². The monoisotopic (exact) mass is 330 g/mol. The second-order valence-electron chi connectivity index (χ2n) is 5.45. The molecule has 0 saturated carbocycles. The van der Waals surface area contributed by atoms with E-state index in [9.17, 15) is 9.18 Å². The number of carbonyl (C=O) groups excluding carboxylic acids is 1. The van der Waals surface area contributed by atoms with Crippen molar-refractivity contribution in [3.63, 3.8) is 0 Å². The molecule has 24 heavy (non-hydrogen) atoms.